The molecular weight excluding hydrogens is 573 g/mol. The molecule has 0 saturated carbocycles. The lowest BCUT2D eigenvalue weighted by Gasteiger charge is -2.21. The number of nitrogens with zero attached hydrogens (tertiary/aromatic N) is 4. The van der Waals surface area contributed by atoms with Gasteiger partial charge in [0.05, 0.1) is 24.7 Å². The summed E-state index contributed by atoms with van der Waals surface area (Å²) < 4.78 is 145. The molecule has 0 N–H and O–H groups in total. The SMILES string of the molecule is [2H]c1c([2H])c([2H])c2c(c1[2H])-c1c(c([2H])c3c(c1[2H])c1c([2H])c([2H])c([2H])c([2H])c1n3-c1nc(-c3ccccc3)nc(-c3cccc4c3Cc3ccccc3-4)n1)C2(C([2H])([2H])[2H])C([2H])([2H])[2H]. The molecule has 0 spiro atoms. The second-order valence-corrected chi connectivity index (χ2v) is 11.6. The van der Waals surface area contributed by atoms with E-state index in [0.29, 0.717) is 17.5 Å². The molecule has 10 rings (SSSR count). The molecule has 4 nitrogen and oxygen atoms in total. The van der Waals surface area contributed by atoms with Gasteiger partial charge in [0.25, 0.3) is 0 Å². The molecule has 0 saturated heterocycles. The van der Waals surface area contributed by atoms with Crippen molar-refractivity contribution in [3.05, 3.63) is 155 Å². The van der Waals surface area contributed by atoms with E-state index in [1.54, 1.807) is 30.3 Å². The van der Waals surface area contributed by atoms with Gasteiger partial charge in [0.15, 0.2) is 11.6 Å². The lowest BCUT2D eigenvalue weighted by molar-refractivity contribution is 0.661. The van der Waals surface area contributed by atoms with Crippen LogP contribution in [0.5, 0.6) is 0 Å². The van der Waals surface area contributed by atoms with Gasteiger partial charge in [-0.05, 0) is 69.1 Å². The number of rotatable bonds is 3. The van der Waals surface area contributed by atoms with Crippen molar-refractivity contribution in [3.63, 3.8) is 0 Å². The second kappa shape index (κ2) is 9.57. The van der Waals surface area contributed by atoms with Gasteiger partial charge in [-0.2, -0.15) is 9.97 Å². The largest absolute Gasteiger partial charge is 0.278 e. The Morgan fingerprint density at radius 1 is 0.617 bits per heavy atom. The third-order valence-electron chi connectivity index (χ3n) is 8.98. The molecule has 0 fully saturated rings. The van der Waals surface area contributed by atoms with Crippen LogP contribution in [0.25, 0.3) is 72.8 Å². The first-order valence-electron chi connectivity index (χ1n) is 23.0. The minimum atomic E-state index is -3.64. The topological polar surface area (TPSA) is 43.6 Å². The average molecular weight is 619 g/mol. The molecule has 2 heterocycles. The van der Waals surface area contributed by atoms with Gasteiger partial charge in [-0.1, -0.05) is 129 Å². The highest BCUT2D eigenvalue weighted by Gasteiger charge is 2.36. The fourth-order valence-electron chi connectivity index (χ4n) is 6.85. The number of aromatic nitrogens is 4. The summed E-state index contributed by atoms with van der Waals surface area (Å²) in [5.74, 6) is -0.0693. The molecular formula is C43H30N4. The molecule has 4 heteroatoms. The number of hydrogen-bond acceptors (Lipinski definition) is 3. The lowest BCUT2D eigenvalue weighted by Crippen LogP contribution is -2.15. The smallest absolute Gasteiger partial charge is 0.238 e. The van der Waals surface area contributed by atoms with Crippen LogP contribution < -0.4 is 0 Å². The van der Waals surface area contributed by atoms with E-state index in [0.717, 1.165) is 26.8 Å². The van der Waals surface area contributed by atoms with Crippen molar-refractivity contribution in [2.75, 3.05) is 0 Å². The van der Waals surface area contributed by atoms with Crippen molar-refractivity contribution in [2.24, 2.45) is 0 Å². The van der Waals surface area contributed by atoms with Crippen molar-refractivity contribution < 1.29 is 21.9 Å². The first kappa shape index (κ1) is 15.1. The molecule has 0 amide bonds. The molecule has 0 unspecified atom stereocenters. The van der Waals surface area contributed by atoms with E-state index in [1.165, 1.54) is 0 Å². The summed E-state index contributed by atoms with van der Waals surface area (Å²) in [5.41, 5.74) is -1.83. The Hall–Kier alpha value is -5.87. The van der Waals surface area contributed by atoms with Crippen LogP contribution in [0.3, 0.4) is 0 Å². The zero-order chi connectivity index (χ0) is 45.0. The van der Waals surface area contributed by atoms with Gasteiger partial charge < -0.3 is 0 Å². The summed E-state index contributed by atoms with van der Waals surface area (Å²) in [4.78, 5) is 14.7. The Labute approximate surface area is 295 Å². The first-order chi connectivity index (χ1) is 29.7. The Bertz CT molecular complexity index is 3340. The second-order valence-electron chi connectivity index (χ2n) is 11.6. The molecule has 0 radical (unpaired) electrons. The zero-order valence-electron chi connectivity index (χ0n) is 40.4. The maximum atomic E-state index is 10.0. The average Bonchev–Trinajstić information content (AvgIpc) is 3.94. The Morgan fingerprint density at radius 2 is 1.38 bits per heavy atom. The van der Waals surface area contributed by atoms with E-state index in [1.807, 2.05) is 42.5 Å². The van der Waals surface area contributed by atoms with E-state index in [-0.39, 0.29) is 33.9 Å². The maximum Gasteiger partial charge on any atom is 0.238 e. The van der Waals surface area contributed by atoms with Crippen molar-refractivity contribution in [1.29, 1.82) is 0 Å². The van der Waals surface area contributed by atoms with Crippen molar-refractivity contribution in [3.8, 4) is 51.0 Å². The summed E-state index contributed by atoms with van der Waals surface area (Å²) in [7, 11) is 0. The molecule has 222 valence electrons. The van der Waals surface area contributed by atoms with E-state index < -0.39 is 107 Å². The monoisotopic (exact) mass is 618 g/mol. The van der Waals surface area contributed by atoms with Crippen LogP contribution in [0.4, 0.5) is 0 Å². The third-order valence-corrected chi connectivity index (χ3v) is 8.98. The van der Waals surface area contributed by atoms with Gasteiger partial charge in [-0.25, -0.2) is 4.98 Å². The van der Waals surface area contributed by atoms with E-state index >= 15 is 0 Å². The van der Waals surface area contributed by atoms with E-state index in [4.69, 9.17) is 31.4 Å². The molecule has 0 aliphatic heterocycles. The Balaban J connectivity index is 1.43. The normalized spacial score (nSPS) is 19.2. The minimum absolute atomic E-state index is 0.105. The number of benzene rings is 6. The lowest BCUT2D eigenvalue weighted by atomic mass is 9.82. The van der Waals surface area contributed by atoms with E-state index in [2.05, 4.69) is 0 Å². The molecule has 0 atom stereocenters. The molecule has 2 aliphatic carbocycles. The number of fused-ring (bicyclic) bond motifs is 9. The maximum absolute atomic E-state index is 10.0. The number of para-hydroxylation sites is 1. The van der Waals surface area contributed by atoms with Crippen LogP contribution in [-0.4, -0.2) is 19.5 Å². The van der Waals surface area contributed by atoms with Crippen LogP contribution in [0.15, 0.2) is 133 Å². The van der Waals surface area contributed by atoms with Crippen molar-refractivity contribution in [2.45, 2.75) is 25.5 Å². The standard InChI is InChI=1S/C43H30N4/c1-43(2)36-21-10-8-17-30(36)34-24-35-31-18-9-11-22-38(31)47(39(35)25-37(34)43)42-45-40(26-13-4-3-5-14-26)44-41(46-42)32-20-12-19-29-28-16-7-6-15-27(28)23-33(29)32/h3-22,24-25H,23H2,1-2H3/i1D3,2D3,8D,9D,10D,11D,17D,18D,21D,22D,24D,25D. The Kier molecular flexibility index (Phi) is 3.08. The highest BCUT2D eigenvalue weighted by molar-refractivity contribution is 6.11. The third kappa shape index (κ3) is 3.73. The fourth-order valence-corrected chi connectivity index (χ4v) is 6.85. The predicted octanol–water partition coefficient (Wildman–Crippen LogP) is 10.2. The predicted molar refractivity (Wildman–Crippen MR) is 191 cm³/mol. The van der Waals surface area contributed by atoms with Gasteiger partial charge in [0, 0.05) is 35.5 Å². The quantitative estimate of drug-likeness (QED) is 0.198. The Morgan fingerprint density at radius 3 is 2.30 bits per heavy atom. The van der Waals surface area contributed by atoms with Crippen LogP contribution >= 0.6 is 0 Å². The molecule has 8 aromatic rings. The highest BCUT2D eigenvalue weighted by Crippen LogP contribution is 2.51. The summed E-state index contributed by atoms with van der Waals surface area (Å²) in [5, 5.41) is -0.649. The van der Waals surface area contributed by atoms with Crippen molar-refractivity contribution in [1.82, 2.24) is 19.5 Å². The summed E-state index contributed by atoms with van der Waals surface area (Å²) in [6.07, 6.45) is 0.528. The number of hydrogen-bond donors (Lipinski definition) is 0. The zero-order valence-corrected chi connectivity index (χ0v) is 24.4. The van der Waals surface area contributed by atoms with Gasteiger partial charge in [-0.3, -0.25) is 4.57 Å². The molecule has 47 heavy (non-hydrogen) atoms. The van der Waals surface area contributed by atoms with E-state index in [9.17, 15) is 5.48 Å². The van der Waals surface area contributed by atoms with Gasteiger partial charge >= 0.3 is 0 Å². The van der Waals surface area contributed by atoms with Gasteiger partial charge in [0.2, 0.25) is 5.95 Å². The van der Waals surface area contributed by atoms with Crippen LogP contribution in [0.2, 0.25) is 0 Å². The minimum Gasteiger partial charge on any atom is -0.278 e. The van der Waals surface area contributed by atoms with Crippen LogP contribution in [0, 0.1) is 0 Å². The summed E-state index contributed by atoms with van der Waals surface area (Å²) in [6, 6.07) is 14.5. The molecule has 2 aliphatic rings. The summed E-state index contributed by atoms with van der Waals surface area (Å²) >= 11 is 0. The first-order valence-corrected chi connectivity index (χ1v) is 15.0. The molecule has 0 bridgehead atoms. The molecule has 2 aromatic heterocycles. The molecule has 6 aromatic carbocycles. The van der Waals surface area contributed by atoms with Gasteiger partial charge in [0.1, 0.15) is 0 Å². The van der Waals surface area contributed by atoms with Crippen LogP contribution in [-0.2, 0) is 11.8 Å². The van der Waals surface area contributed by atoms with Crippen LogP contribution in [0.1, 0.15) is 57.9 Å². The van der Waals surface area contributed by atoms with Crippen molar-refractivity contribution >= 4 is 21.8 Å². The van der Waals surface area contributed by atoms with Gasteiger partial charge in [-0.15, -0.1) is 0 Å². The summed E-state index contributed by atoms with van der Waals surface area (Å²) in [6.45, 7) is -7.28. The fraction of sp³-hybridized carbons (Fsp3) is 0.0930. The highest BCUT2D eigenvalue weighted by atomic mass is 15.2.